The number of β-lactam (4-membered cyclic amide) rings is 1. The number of carbonyl (C=O) groups is 1. The fourth-order valence-electron chi connectivity index (χ4n) is 3.95. The van der Waals surface area contributed by atoms with Crippen LogP contribution in [-0.4, -0.2) is 27.6 Å². The second kappa shape index (κ2) is 8.24. The van der Waals surface area contributed by atoms with Gasteiger partial charge >= 0.3 is 0 Å². The molecule has 3 atom stereocenters. The predicted octanol–water partition coefficient (Wildman–Crippen LogP) is 4.46. The molecule has 0 unspecified atom stereocenters. The zero-order valence-electron chi connectivity index (χ0n) is 16.1. The summed E-state index contributed by atoms with van der Waals surface area (Å²) >= 11 is 0. The molecule has 30 heavy (non-hydrogen) atoms. The monoisotopic (exact) mass is 409 g/mol. The summed E-state index contributed by atoms with van der Waals surface area (Å²) in [5.41, 5.74) is 2.14. The number of amides is 1. The molecule has 0 aliphatic carbocycles. The number of hydrogen-bond acceptors (Lipinski definition) is 3. The molecule has 4 rings (SSSR count). The first-order chi connectivity index (χ1) is 14.4. The zero-order valence-corrected chi connectivity index (χ0v) is 16.1. The van der Waals surface area contributed by atoms with Crippen LogP contribution < -0.4 is 0 Å². The zero-order chi connectivity index (χ0) is 21.3. The van der Waals surface area contributed by atoms with Crippen molar-refractivity contribution in [2.45, 2.75) is 24.5 Å². The van der Waals surface area contributed by atoms with Crippen LogP contribution in [0.3, 0.4) is 0 Å². The number of phenolic OH excluding ortho intramolecular Hbond substituents is 1. The van der Waals surface area contributed by atoms with Crippen molar-refractivity contribution in [2.75, 3.05) is 6.54 Å². The van der Waals surface area contributed by atoms with Gasteiger partial charge in [-0.05, 0) is 59.5 Å². The molecule has 1 amide bonds. The van der Waals surface area contributed by atoms with E-state index in [0.717, 1.165) is 11.1 Å². The molecule has 4 nitrogen and oxygen atoms in total. The quantitative estimate of drug-likeness (QED) is 0.591. The van der Waals surface area contributed by atoms with Crippen LogP contribution in [0.5, 0.6) is 5.75 Å². The number of nitrogens with zero attached hydrogens (tertiary/aromatic N) is 1. The Morgan fingerprint density at radius 2 is 1.37 bits per heavy atom. The summed E-state index contributed by atoms with van der Waals surface area (Å²) in [6, 6.07) is 17.8. The van der Waals surface area contributed by atoms with Crippen molar-refractivity contribution in [3.8, 4) is 5.75 Å². The molecule has 154 valence electrons. The fourth-order valence-corrected chi connectivity index (χ4v) is 3.95. The second-order valence-electron chi connectivity index (χ2n) is 7.45. The molecule has 1 aliphatic rings. The van der Waals surface area contributed by atoms with Crippen molar-refractivity contribution in [2.24, 2.45) is 0 Å². The van der Waals surface area contributed by atoms with E-state index in [1.807, 2.05) is 0 Å². The first-order valence-corrected chi connectivity index (χ1v) is 9.72. The number of rotatable bonds is 6. The van der Waals surface area contributed by atoms with Crippen LogP contribution in [0.2, 0.25) is 0 Å². The Balaban J connectivity index is 1.55. The maximum atomic E-state index is 13.4. The van der Waals surface area contributed by atoms with Gasteiger partial charge in [0.25, 0.3) is 0 Å². The number of carbonyl (C=O) groups excluding carboxylic acids is 1. The van der Waals surface area contributed by atoms with Crippen molar-refractivity contribution in [3.05, 3.63) is 101 Å². The van der Waals surface area contributed by atoms with Crippen molar-refractivity contribution in [1.82, 2.24) is 4.90 Å². The van der Waals surface area contributed by atoms with E-state index in [-0.39, 0.29) is 35.8 Å². The lowest BCUT2D eigenvalue weighted by Gasteiger charge is -2.48. The maximum Gasteiger partial charge on any atom is 0.233 e. The standard InChI is InChI=1S/C24H21F2NO3/c25-18-7-1-15(2-8-18)21(29)13-14-27-23(17-3-9-19(26)10-4-17)22(24(27)30)16-5-11-20(28)12-6-16/h1-12,21-23,28-29H,13-14H2/t21-,22-,23+/m0/s1. The summed E-state index contributed by atoms with van der Waals surface area (Å²) in [4.78, 5) is 14.6. The van der Waals surface area contributed by atoms with E-state index in [2.05, 4.69) is 0 Å². The Kier molecular flexibility index (Phi) is 5.50. The summed E-state index contributed by atoms with van der Waals surface area (Å²) in [7, 11) is 0. The molecule has 1 saturated heterocycles. The first kappa shape index (κ1) is 20.0. The van der Waals surface area contributed by atoms with E-state index >= 15 is 0 Å². The molecule has 0 radical (unpaired) electrons. The molecule has 6 heteroatoms. The van der Waals surface area contributed by atoms with Crippen LogP contribution in [0.4, 0.5) is 8.78 Å². The summed E-state index contributed by atoms with van der Waals surface area (Å²) in [5, 5.41) is 20.0. The van der Waals surface area contributed by atoms with Gasteiger partial charge in [-0.2, -0.15) is 0 Å². The molecule has 2 N–H and O–H groups in total. The first-order valence-electron chi connectivity index (χ1n) is 9.72. The third kappa shape index (κ3) is 3.91. The number of benzene rings is 3. The van der Waals surface area contributed by atoms with Gasteiger partial charge in [0.2, 0.25) is 5.91 Å². The highest BCUT2D eigenvalue weighted by atomic mass is 19.1. The molecule has 0 aromatic heterocycles. The molecule has 3 aromatic carbocycles. The molecule has 1 fully saturated rings. The smallest absolute Gasteiger partial charge is 0.233 e. The predicted molar refractivity (Wildman–Crippen MR) is 108 cm³/mol. The molecular formula is C24H21F2NO3. The van der Waals surface area contributed by atoms with Gasteiger partial charge in [0.1, 0.15) is 17.4 Å². The van der Waals surface area contributed by atoms with Crippen LogP contribution in [0.1, 0.15) is 41.2 Å². The van der Waals surface area contributed by atoms with Crippen LogP contribution in [-0.2, 0) is 4.79 Å². The van der Waals surface area contributed by atoms with Crippen molar-refractivity contribution >= 4 is 5.91 Å². The lowest BCUT2D eigenvalue weighted by atomic mass is 9.77. The third-order valence-corrected chi connectivity index (χ3v) is 5.56. The minimum atomic E-state index is -0.833. The van der Waals surface area contributed by atoms with E-state index in [1.54, 1.807) is 29.2 Å². The van der Waals surface area contributed by atoms with Crippen LogP contribution >= 0.6 is 0 Å². The molecule has 0 spiro atoms. The van der Waals surface area contributed by atoms with Crippen molar-refractivity contribution in [1.29, 1.82) is 0 Å². The molecule has 3 aromatic rings. The summed E-state index contributed by atoms with van der Waals surface area (Å²) in [5.74, 6) is -1.16. The topological polar surface area (TPSA) is 60.8 Å². The highest BCUT2D eigenvalue weighted by Gasteiger charge is 2.48. The number of aliphatic hydroxyl groups excluding tert-OH is 1. The number of hydrogen-bond donors (Lipinski definition) is 2. The Bertz CT molecular complexity index is 1020. The highest BCUT2D eigenvalue weighted by Crippen LogP contribution is 2.47. The van der Waals surface area contributed by atoms with Gasteiger partial charge in [0.05, 0.1) is 18.1 Å². The normalized spacial score (nSPS) is 19.4. The largest absolute Gasteiger partial charge is 0.508 e. The Morgan fingerprint density at radius 1 is 0.833 bits per heavy atom. The highest BCUT2D eigenvalue weighted by molar-refractivity contribution is 5.91. The SMILES string of the molecule is O=C1[C@@H](c2ccc(O)cc2)[C@@H](c2ccc(F)cc2)N1CC[C@H](O)c1ccc(F)cc1. The van der Waals surface area contributed by atoms with E-state index in [0.29, 0.717) is 12.1 Å². The minimum Gasteiger partial charge on any atom is -0.508 e. The Hall–Kier alpha value is -3.25. The molecule has 1 heterocycles. The minimum absolute atomic E-state index is 0.0960. The number of aliphatic hydroxyl groups is 1. The molecule has 0 saturated carbocycles. The fraction of sp³-hybridized carbons (Fsp3) is 0.208. The summed E-state index contributed by atoms with van der Waals surface area (Å²) < 4.78 is 26.5. The molecule has 0 bridgehead atoms. The molecule has 1 aliphatic heterocycles. The Morgan fingerprint density at radius 3 is 1.97 bits per heavy atom. The number of likely N-dealkylation sites (tertiary alicyclic amines) is 1. The number of halogens is 2. The van der Waals surface area contributed by atoms with E-state index in [9.17, 15) is 23.8 Å². The second-order valence-corrected chi connectivity index (χ2v) is 7.45. The van der Waals surface area contributed by atoms with Crippen molar-refractivity contribution < 1.29 is 23.8 Å². The maximum absolute atomic E-state index is 13.4. The van der Waals surface area contributed by atoms with Gasteiger partial charge in [0, 0.05) is 6.54 Å². The average molecular weight is 409 g/mol. The lowest BCUT2D eigenvalue weighted by molar-refractivity contribution is -0.151. The van der Waals surface area contributed by atoms with Crippen LogP contribution in [0, 0.1) is 11.6 Å². The van der Waals surface area contributed by atoms with Gasteiger partial charge in [-0.3, -0.25) is 4.79 Å². The van der Waals surface area contributed by atoms with E-state index in [4.69, 9.17) is 0 Å². The number of phenols is 1. The molecular weight excluding hydrogens is 388 g/mol. The average Bonchev–Trinajstić information content (AvgIpc) is 2.74. The Labute approximate surface area is 173 Å². The number of aromatic hydroxyl groups is 1. The van der Waals surface area contributed by atoms with Gasteiger partial charge in [-0.1, -0.05) is 36.4 Å². The summed E-state index contributed by atoms with van der Waals surface area (Å²) in [6.45, 7) is 0.300. The lowest BCUT2D eigenvalue weighted by Crippen LogP contribution is -2.53. The van der Waals surface area contributed by atoms with Gasteiger partial charge < -0.3 is 15.1 Å². The third-order valence-electron chi connectivity index (χ3n) is 5.56. The van der Waals surface area contributed by atoms with E-state index < -0.39 is 12.0 Å². The van der Waals surface area contributed by atoms with E-state index in [1.165, 1.54) is 48.5 Å². The van der Waals surface area contributed by atoms with Crippen molar-refractivity contribution in [3.63, 3.8) is 0 Å². The van der Waals surface area contributed by atoms with Gasteiger partial charge in [-0.15, -0.1) is 0 Å². The van der Waals surface area contributed by atoms with Crippen LogP contribution in [0.15, 0.2) is 72.8 Å². The van der Waals surface area contributed by atoms with Gasteiger partial charge in [-0.25, -0.2) is 8.78 Å². The van der Waals surface area contributed by atoms with Gasteiger partial charge in [0.15, 0.2) is 0 Å². The summed E-state index contributed by atoms with van der Waals surface area (Å²) in [6.07, 6.45) is -0.544. The van der Waals surface area contributed by atoms with Crippen LogP contribution in [0.25, 0.3) is 0 Å².